The smallest absolute Gasteiger partial charge is 0.135 e. The van der Waals surface area contributed by atoms with Crippen molar-refractivity contribution in [2.45, 2.75) is 0 Å². The zero-order valence-electron chi connectivity index (χ0n) is 14.6. The van der Waals surface area contributed by atoms with Crippen LogP contribution in [-0.4, -0.2) is 0 Å². The Labute approximate surface area is 157 Å². The van der Waals surface area contributed by atoms with Gasteiger partial charge in [0.15, 0.2) is 0 Å². The molecule has 0 saturated carbocycles. The fourth-order valence-electron chi connectivity index (χ4n) is 4.10. The number of rotatable bonds is 0. The molecule has 1 aliphatic heterocycles. The van der Waals surface area contributed by atoms with Crippen molar-refractivity contribution in [1.82, 2.24) is 0 Å². The van der Waals surface area contributed by atoms with Crippen LogP contribution in [0.5, 0.6) is 11.5 Å². The van der Waals surface area contributed by atoms with Gasteiger partial charge in [0.25, 0.3) is 0 Å². The van der Waals surface area contributed by atoms with Gasteiger partial charge in [0, 0.05) is 11.1 Å². The first-order valence-corrected chi connectivity index (χ1v) is 9.20. The third-order valence-electron chi connectivity index (χ3n) is 5.42. The molecule has 0 N–H and O–H groups in total. The highest BCUT2D eigenvalue weighted by atomic mass is 16.5. The summed E-state index contributed by atoms with van der Waals surface area (Å²) in [6.45, 7) is 0. The van der Waals surface area contributed by atoms with Gasteiger partial charge in [-0.2, -0.15) is 0 Å². The van der Waals surface area contributed by atoms with E-state index in [0.717, 1.165) is 22.6 Å². The normalized spacial score (nSPS) is 12.0. The Morgan fingerprint density at radius 3 is 1.19 bits per heavy atom. The molecular formula is C26H16O. The number of ether oxygens (including phenoxy) is 1. The summed E-state index contributed by atoms with van der Waals surface area (Å²) in [4.78, 5) is 0. The minimum atomic E-state index is 0.912. The van der Waals surface area contributed by atoms with Gasteiger partial charge >= 0.3 is 0 Å². The van der Waals surface area contributed by atoms with Crippen LogP contribution in [0.3, 0.4) is 0 Å². The zero-order valence-corrected chi connectivity index (χ0v) is 14.6. The lowest BCUT2D eigenvalue weighted by atomic mass is 9.92. The average Bonchev–Trinajstić information content (AvgIpc) is 2.85. The van der Waals surface area contributed by atoms with Gasteiger partial charge in [-0.05, 0) is 56.9 Å². The van der Waals surface area contributed by atoms with Gasteiger partial charge in [0.1, 0.15) is 11.5 Å². The van der Waals surface area contributed by atoms with Crippen LogP contribution >= 0.6 is 0 Å². The average molecular weight is 344 g/mol. The van der Waals surface area contributed by atoms with Crippen molar-refractivity contribution in [2.24, 2.45) is 0 Å². The monoisotopic (exact) mass is 344 g/mol. The molecule has 0 aromatic heterocycles. The van der Waals surface area contributed by atoms with Crippen LogP contribution in [0, 0.1) is 0 Å². The molecule has 0 spiro atoms. The van der Waals surface area contributed by atoms with Crippen molar-refractivity contribution in [2.75, 3.05) is 0 Å². The van der Waals surface area contributed by atoms with Gasteiger partial charge in [0.05, 0.1) is 0 Å². The van der Waals surface area contributed by atoms with Crippen molar-refractivity contribution in [1.29, 1.82) is 0 Å². The molecule has 0 amide bonds. The first-order valence-electron chi connectivity index (χ1n) is 9.20. The molecule has 0 atom stereocenters. The first kappa shape index (κ1) is 14.6. The van der Waals surface area contributed by atoms with E-state index in [1.54, 1.807) is 0 Å². The van der Waals surface area contributed by atoms with Crippen molar-refractivity contribution in [3.05, 3.63) is 97.1 Å². The van der Waals surface area contributed by atoms with E-state index in [2.05, 4.69) is 97.1 Å². The van der Waals surface area contributed by atoms with E-state index in [1.165, 1.54) is 32.7 Å². The van der Waals surface area contributed by atoms with Crippen LogP contribution < -0.4 is 4.74 Å². The zero-order chi connectivity index (χ0) is 17.8. The maximum atomic E-state index is 6.50. The summed E-state index contributed by atoms with van der Waals surface area (Å²) in [7, 11) is 0. The van der Waals surface area contributed by atoms with Crippen LogP contribution in [0.2, 0.25) is 0 Å². The van der Waals surface area contributed by atoms with E-state index < -0.39 is 0 Å². The van der Waals surface area contributed by atoms with Crippen molar-refractivity contribution < 1.29 is 4.74 Å². The lowest BCUT2D eigenvalue weighted by molar-refractivity contribution is 0.489. The maximum absolute atomic E-state index is 6.50. The number of hydrogen-bond donors (Lipinski definition) is 0. The minimum absolute atomic E-state index is 0.912. The topological polar surface area (TPSA) is 9.23 Å². The second kappa shape index (κ2) is 5.46. The molecule has 0 radical (unpaired) electrons. The highest BCUT2D eigenvalue weighted by Gasteiger charge is 2.21. The maximum Gasteiger partial charge on any atom is 0.135 e. The van der Waals surface area contributed by atoms with Crippen LogP contribution in [-0.2, 0) is 0 Å². The summed E-state index contributed by atoms with van der Waals surface area (Å²) < 4.78 is 6.50. The van der Waals surface area contributed by atoms with Crippen LogP contribution in [0.25, 0.3) is 43.8 Å². The molecule has 5 aromatic carbocycles. The molecule has 27 heavy (non-hydrogen) atoms. The molecule has 5 aromatic rings. The van der Waals surface area contributed by atoms with E-state index in [4.69, 9.17) is 4.74 Å². The SMILES string of the molecule is c1ccc2c(c1)-c1cc3ccccc3cc1Oc1cc3ccccc3cc1-2. The molecule has 0 unspecified atom stereocenters. The van der Waals surface area contributed by atoms with E-state index >= 15 is 0 Å². The minimum Gasteiger partial charge on any atom is -0.456 e. The molecule has 1 heterocycles. The van der Waals surface area contributed by atoms with Gasteiger partial charge in [-0.25, -0.2) is 0 Å². The van der Waals surface area contributed by atoms with Crippen molar-refractivity contribution >= 4 is 21.5 Å². The largest absolute Gasteiger partial charge is 0.456 e. The van der Waals surface area contributed by atoms with E-state index in [9.17, 15) is 0 Å². The highest BCUT2D eigenvalue weighted by Crippen LogP contribution is 2.48. The van der Waals surface area contributed by atoms with Crippen LogP contribution in [0.4, 0.5) is 0 Å². The Balaban J connectivity index is 1.74. The molecule has 1 aliphatic rings. The molecule has 0 aliphatic carbocycles. The Bertz CT molecular complexity index is 1240. The molecule has 0 saturated heterocycles. The van der Waals surface area contributed by atoms with E-state index in [-0.39, 0.29) is 0 Å². The number of fused-ring (bicyclic) bond motifs is 7. The first-order chi connectivity index (χ1) is 13.4. The van der Waals surface area contributed by atoms with E-state index in [1.807, 2.05) is 0 Å². The summed E-state index contributed by atoms with van der Waals surface area (Å²) >= 11 is 0. The van der Waals surface area contributed by atoms with E-state index in [0.29, 0.717) is 0 Å². The van der Waals surface area contributed by atoms with Gasteiger partial charge in [-0.15, -0.1) is 0 Å². The molecule has 1 nitrogen and oxygen atoms in total. The van der Waals surface area contributed by atoms with Gasteiger partial charge in [-0.1, -0.05) is 72.8 Å². The Kier molecular flexibility index (Phi) is 2.95. The summed E-state index contributed by atoms with van der Waals surface area (Å²) in [5, 5.41) is 4.84. The molecule has 126 valence electrons. The number of benzene rings is 5. The van der Waals surface area contributed by atoms with Gasteiger partial charge < -0.3 is 4.74 Å². The third-order valence-corrected chi connectivity index (χ3v) is 5.42. The Morgan fingerprint density at radius 1 is 0.370 bits per heavy atom. The predicted molar refractivity (Wildman–Crippen MR) is 112 cm³/mol. The fourth-order valence-corrected chi connectivity index (χ4v) is 4.10. The Hall–Kier alpha value is -3.58. The third kappa shape index (κ3) is 2.18. The van der Waals surface area contributed by atoms with Gasteiger partial charge in [0.2, 0.25) is 0 Å². The second-order valence-corrected chi connectivity index (χ2v) is 7.04. The molecular weight excluding hydrogens is 328 g/mol. The molecule has 0 fully saturated rings. The predicted octanol–water partition coefficient (Wildman–Crippen LogP) is 7.43. The standard InChI is InChI=1S/C26H16O/c1-3-9-19-15-25-23(13-17(19)7-1)21-11-5-6-12-22(21)24-14-18-8-2-4-10-20(18)16-26(24)27-25/h1-16H. The molecule has 1 heteroatoms. The molecule has 0 bridgehead atoms. The lowest BCUT2D eigenvalue weighted by Crippen LogP contribution is -1.87. The molecule has 6 rings (SSSR count). The second-order valence-electron chi connectivity index (χ2n) is 7.04. The van der Waals surface area contributed by atoms with Crippen molar-refractivity contribution in [3.8, 4) is 33.8 Å². The van der Waals surface area contributed by atoms with Crippen LogP contribution in [0.15, 0.2) is 97.1 Å². The number of hydrogen-bond acceptors (Lipinski definition) is 1. The summed E-state index contributed by atoms with van der Waals surface area (Å²) in [6.07, 6.45) is 0. The Morgan fingerprint density at radius 2 is 0.741 bits per heavy atom. The highest BCUT2D eigenvalue weighted by molar-refractivity contribution is 5.99. The van der Waals surface area contributed by atoms with Crippen molar-refractivity contribution in [3.63, 3.8) is 0 Å². The van der Waals surface area contributed by atoms with Crippen LogP contribution in [0.1, 0.15) is 0 Å². The summed E-state index contributed by atoms with van der Waals surface area (Å²) in [5.41, 5.74) is 4.72. The fraction of sp³-hybridized carbons (Fsp3) is 0. The van der Waals surface area contributed by atoms with Gasteiger partial charge in [-0.3, -0.25) is 0 Å². The summed E-state index contributed by atoms with van der Waals surface area (Å²) in [5.74, 6) is 1.82. The quantitative estimate of drug-likeness (QED) is 0.278. The summed E-state index contributed by atoms with van der Waals surface area (Å²) in [6, 6.07) is 34.3. The lowest BCUT2D eigenvalue weighted by Gasteiger charge is -2.11.